The van der Waals surface area contributed by atoms with Crippen molar-refractivity contribution in [3.63, 3.8) is 0 Å². The van der Waals surface area contributed by atoms with Crippen LogP contribution in [0.4, 0.5) is 0 Å². The van der Waals surface area contributed by atoms with Gasteiger partial charge in [-0.1, -0.05) is 83.7 Å². The zero-order valence-corrected chi connectivity index (χ0v) is 18.9. The molecule has 1 fully saturated rings. The van der Waals surface area contributed by atoms with E-state index in [4.69, 9.17) is 4.74 Å². The Morgan fingerprint density at radius 1 is 0.848 bits per heavy atom. The molecule has 7 rings (SSSR count). The molecular formula is C29H29BN2O. The molecule has 0 saturated carbocycles. The van der Waals surface area contributed by atoms with E-state index < -0.39 is 0 Å². The summed E-state index contributed by atoms with van der Waals surface area (Å²) in [5, 5.41) is 3.81. The molecule has 1 N–H and O–H groups in total. The number of hydrogen-bond donors (Lipinski definition) is 1. The minimum Gasteiger partial charge on any atom is -0.484 e. The number of benzene rings is 3. The van der Waals surface area contributed by atoms with E-state index in [1.807, 2.05) is 0 Å². The van der Waals surface area contributed by atoms with Gasteiger partial charge < -0.3 is 10.1 Å². The van der Waals surface area contributed by atoms with Gasteiger partial charge in [-0.05, 0) is 49.3 Å². The van der Waals surface area contributed by atoms with Gasteiger partial charge in [0, 0.05) is 29.7 Å². The van der Waals surface area contributed by atoms with Crippen molar-refractivity contribution in [1.29, 1.82) is 0 Å². The van der Waals surface area contributed by atoms with Gasteiger partial charge in [-0.15, -0.1) is 0 Å². The lowest BCUT2D eigenvalue weighted by Crippen LogP contribution is -2.68. The van der Waals surface area contributed by atoms with Gasteiger partial charge in [0.1, 0.15) is 11.9 Å². The summed E-state index contributed by atoms with van der Waals surface area (Å²) in [5.74, 6) is 2.55. The number of rotatable bonds is 1. The quantitative estimate of drug-likeness (QED) is 0.598. The van der Waals surface area contributed by atoms with Crippen LogP contribution in [0.3, 0.4) is 0 Å². The minimum atomic E-state index is -0.0636. The van der Waals surface area contributed by atoms with Crippen molar-refractivity contribution in [3.05, 3.63) is 90.0 Å². The number of ether oxygens (including phenoxy) is 1. The van der Waals surface area contributed by atoms with Crippen LogP contribution in [0.5, 0.6) is 5.75 Å². The fourth-order valence-corrected chi connectivity index (χ4v) is 7.78. The lowest BCUT2D eigenvalue weighted by atomic mass is 9.24. The average Bonchev–Trinajstić information content (AvgIpc) is 2.89. The molecule has 3 aromatic carbocycles. The molecule has 0 radical (unpaired) electrons. The molecule has 0 bridgehead atoms. The van der Waals surface area contributed by atoms with Crippen molar-refractivity contribution in [2.75, 3.05) is 19.6 Å². The Balaban J connectivity index is 1.56. The van der Waals surface area contributed by atoms with Gasteiger partial charge in [0.15, 0.2) is 0 Å². The second kappa shape index (κ2) is 7.60. The first-order valence-electron chi connectivity index (χ1n) is 12.5. The molecule has 4 aliphatic heterocycles. The lowest BCUT2D eigenvalue weighted by Gasteiger charge is -2.60. The number of nitrogens with zero attached hydrogens (tertiary/aromatic N) is 1. The highest BCUT2D eigenvalue weighted by Gasteiger charge is 2.62. The Morgan fingerprint density at radius 2 is 1.64 bits per heavy atom. The first-order chi connectivity index (χ1) is 16.4. The summed E-state index contributed by atoms with van der Waals surface area (Å²) in [4.78, 5) is 4.67. The number of piperidine rings is 1. The number of nitrogens with one attached hydrogen (secondary N) is 1. The Labute approximate surface area is 196 Å². The molecule has 4 heterocycles. The Hall–Kier alpha value is -2.85. The van der Waals surface area contributed by atoms with Crippen LogP contribution in [0.2, 0.25) is 5.82 Å². The zero-order valence-electron chi connectivity index (χ0n) is 18.9. The highest BCUT2D eigenvalue weighted by Crippen LogP contribution is 2.60. The van der Waals surface area contributed by atoms with E-state index in [2.05, 4.69) is 95.4 Å². The van der Waals surface area contributed by atoms with Gasteiger partial charge >= 0.3 is 0 Å². The fourth-order valence-electron chi connectivity index (χ4n) is 7.78. The first-order valence-corrected chi connectivity index (χ1v) is 12.5. The second-order valence-electron chi connectivity index (χ2n) is 10.1. The predicted octanol–water partition coefficient (Wildman–Crippen LogP) is 3.43. The van der Waals surface area contributed by atoms with Gasteiger partial charge in [0.25, 0.3) is 0 Å². The summed E-state index contributed by atoms with van der Waals surface area (Å²) < 4.78 is 6.60. The molecule has 1 spiro atoms. The molecule has 33 heavy (non-hydrogen) atoms. The van der Waals surface area contributed by atoms with E-state index >= 15 is 0 Å². The molecule has 1 saturated heterocycles. The van der Waals surface area contributed by atoms with Crippen molar-refractivity contribution in [2.45, 2.75) is 30.2 Å². The maximum Gasteiger partial charge on any atom is 0.213 e. The molecule has 0 aliphatic carbocycles. The molecule has 3 aromatic rings. The number of hydrogen-bond acceptors (Lipinski definition) is 3. The largest absolute Gasteiger partial charge is 0.484 e. The Bertz CT molecular complexity index is 1210. The average molecular weight is 432 g/mol. The summed E-state index contributed by atoms with van der Waals surface area (Å²) in [6, 6.07) is 29.4. The summed E-state index contributed by atoms with van der Waals surface area (Å²) in [7, 11) is 0. The van der Waals surface area contributed by atoms with E-state index in [0.717, 1.165) is 31.8 Å². The van der Waals surface area contributed by atoms with Crippen molar-refractivity contribution in [3.8, 4) is 5.75 Å². The normalized spacial score (nSPS) is 31.7. The molecule has 4 aliphatic rings. The highest BCUT2D eigenvalue weighted by molar-refractivity contribution is 6.87. The van der Waals surface area contributed by atoms with Gasteiger partial charge in [-0.3, -0.25) is 4.99 Å². The van der Waals surface area contributed by atoms with Gasteiger partial charge in [0.2, 0.25) is 6.71 Å². The van der Waals surface area contributed by atoms with Crippen LogP contribution >= 0.6 is 0 Å². The van der Waals surface area contributed by atoms with Crippen LogP contribution in [0, 0.1) is 11.8 Å². The molecule has 164 valence electrons. The summed E-state index contributed by atoms with van der Waals surface area (Å²) in [6.45, 7) is 3.47. The molecular weight excluding hydrogens is 403 g/mol. The van der Waals surface area contributed by atoms with E-state index in [9.17, 15) is 0 Å². The Morgan fingerprint density at radius 3 is 2.55 bits per heavy atom. The topological polar surface area (TPSA) is 33.6 Å². The zero-order chi connectivity index (χ0) is 21.8. The third-order valence-corrected chi connectivity index (χ3v) is 8.85. The third-order valence-electron chi connectivity index (χ3n) is 8.85. The molecule has 3 nitrogen and oxygen atoms in total. The molecule has 0 aromatic heterocycles. The summed E-state index contributed by atoms with van der Waals surface area (Å²) in [5.41, 5.74) is 5.82. The van der Waals surface area contributed by atoms with E-state index in [-0.39, 0.29) is 11.5 Å². The van der Waals surface area contributed by atoms with Gasteiger partial charge in [-0.25, -0.2) is 0 Å². The van der Waals surface area contributed by atoms with E-state index in [1.165, 1.54) is 28.5 Å². The van der Waals surface area contributed by atoms with Gasteiger partial charge in [0.05, 0.1) is 0 Å². The van der Waals surface area contributed by atoms with Crippen LogP contribution in [0.1, 0.15) is 24.0 Å². The van der Waals surface area contributed by atoms with Crippen LogP contribution in [0.15, 0.2) is 83.9 Å². The smallest absolute Gasteiger partial charge is 0.213 e. The van der Waals surface area contributed by atoms with E-state index in [0.29, 0.717) is 24.4 Å². The standard InChI is InChI=1S/C29H29BN2O/c1-2-8-20(9-3-1)30-25-12-6-4-10-21(25)29(24-18-31-17-15-26(24)30)22-11-5-7-13-27(22)33-28-19-32-16-14-23(28)29/h1-13,19,23-24,26,28,31H,14-18H2. The monoisotopic (exact) mass is 432 g/mol. The third kappa shape index (κ3) is 2.70. The van der Waals surface area contributed by atoms with Crippen LogP contribution in [-0.4, -0.2) is 38.7 Å². The van der Waals surface area contributed by atoms with Crippen molar-refractivity contribution in [2.24, 2.45) is 16.8 Å². The maximum absolute atomic E-state index is 6.60. The first kappa shape index (κ1) is 19.6. The summed E-state index contributed by atoms with van der Waals surface area (Å²) >= 11 is 0. The van der Waals surface area contributed by atoms with Crippen LogP contribution < -0.4 is 21.0 Å². The molecule has 4 heteroatoms. The maximum atomic E-state index is 6.60. The predicted molar refractivity (Wildman–Crippen MR) is 136 cm³/mol. The lowest BCUT2D eigenvalue weighted by molar-refractivity contribution is 0.0576. The van der Waals surface area contributed by atoms with Gasteiger partial charge in [-0.2, -0.15) is 0 Å². The number of para-hydroxylation sites is 1. The highest BCUT2D eigenvalue weighted by atomic mass is 16.5. The number of fused-ring (bicyclic) bond motifs is 8. The molecule has 5 atom stereocenters. The minimum absolute atomic E-state index is 0.0394. The Kier molecular flexibility index (Phi) is 4.51. The van der Waals surface area contributed by atoms with Crippen molar-refractivity contribution >= 4 is 23.9 Å². The SMILES string of the molecule is C1=NCCC2C1Oc1ccccc1C21c2ccccc2B(c2ccccc2)C2CCNCC21. The molecule has 0 amide bonds. The second-order valence-corrected chi connectivity index (χ2v) is 10.1. The van der Waals surface area contributed by atoms with E-state index in [1.54, 1.807) is 0 Å². The van der Waals surface area contributed by atoms with Crippen molar-refractivity contribution < 1.29 is 4.74 Å². The fraction of sp³-hybridized carbons (Fsp3) is 0.345. The van der Waals surface area contributed by atoms with Crippen LogP contribution in [-0.2, 0) is 5.41 Å². The number of aliphatic imine (C=N–C) groups is 1. The van der Waals surface area contributed by atoms with Crippen LogP contribution in [0.25, 0.3) is 0 Å². The molecule has 5 unspecified atom stereocenters. The van der Waals surface area contributed by atoms with Crippen molar-refractivity contribution in [1.82, 2.24) is 5.32 Å². The summed E-state index contributed by atoms with van der Waals surface area (Å²) in [6.07, 6.45) is 4.42.